The molecule has 31 heavy (non-hydrogen) atoms. The molecule has 0 spiro atoms. The van der Waals surface area contributed by atoms with Gasteiger partial charge in [-0.1, -0.05) is 55.5 Å². The number of amides is 1. The number of nitrogens with zero attached hydrogens (tertiary/aromatic N) is 4. The maximum absolute atomic E-state index is 12.6. The van der Waals surface area contributed by atoms with Crippen LogP contribution in [0, 0.1) is 0 Å². The van der Waals surface area contributed by atoms with Gasteiger partial charge in [-0.3, -0.25) is 4.79 Å². The van der Waals surface area contributed by atoms with Crippen LogP contribution in [0.1, 0.15) is 37.1 Å². The van der Waals surface area contributed by atoms with Gasteiger partial charge in [-0.25, -0.2) is 9.69 Å². The summed E-state index contributed by atoms with van der Waals surface area (Å²) in [5.41, 5.74) is 4.55. The number of hydrogen-bond acceptors (Lipinski definition) is 4. The van der Waals surface area contributed by atoms with Crippen molar-refractivity contribution in [2.75, 3.05) is 0 Å². The lowest BCUT2D eigenvalue weighted by Gasteiger charge is -2.18. The maximum Gasteiger partial charge on any atom is 0.243 e. The fraction of sp³-hybridized carbons (Fsp3) is 0.160. The third-order valence-electron chi connectivity index (χ3n) is 5.43. The number of para-hydroxylation sites is 1. The predicted octanol–water partition coefficient (Wildman–Crippen LogP) is 5.22. The molecular formula is C25H22N4O2. The Morgan fingerprint density at radius 2 is 1.77 bits per heavy atom. The number of aromatic nitrogens is 2. The quantitative estimate of drug-likeness (QED) is 0.453. The van der Waals surface area contributed by atoms with Gasteiger partial charge in [0, 0.05) is 30.2 Å². The van der Waals surface area contributed by atoms with E-state index in [-0.39, 0.29) is 11.9 Å². The smallest absolute Gasteiger partial charge is 0.243 e. The Kier molecular flexibility index (Phi) is 4.96. The van der Waals surface area contributed by atoms with E-state index in [2.05, 4.69) is 0 Å². The first kappa shape index (κ1) is 19.1. The number of hydrogen-bond donors (Lipinski definition) is 0. The molecule has 0 N–H and O–H groups in total. The third kappa shape index (κ3) is 3.57. The van der Waals surface area contributed by atoms with Crippen LogP contribution in [0.2, 0.25) is 0 Å². The van der Waals surface area contributed by atoms with Crippen LogP contribution < -0.4 is 0 Å². The van der Waals surface area contributed by atoms with Crippen molar-refractivity contribution in [3.05, 3.63) is 96.6 Å². The van der Waals surface area contributed by atoms with E-state index in [1.54, 1.807) is 11.3 Å². The summed E-state index contributed by atoms with van der Waals surface area (Å²) in [4.78, 5) is 12.6. The standard InChI is InChI=1S/C25H22N4O2/c1-2-24(30)29-22(23-14-9-15-31-23)16-21(26-29)20-17-28(19-12-7-4-8-13-19)27-25(20)18-10-5-3-6-11-18/h3-15,17,22H,2,16H2,1H3/t22-/m1/s1. The summed E-state index contributed by atoms with van der Waals surface area (Å²) in [6.45, 7) is 1.85. The van der Waals surface area contributed by atoms with E-state index in [4.69, 9.17) is 14.6 Å². The summed E-state index contributed by atoms with van der Waals surface area (Å²) in [5, 5.41) is 11.2. The summed E-state index contributed by atoms with van der Waals surface area (Å²) < 4.78 is 7.50. The van der Waals surface area contributed by atoms with E-state index in [0.29, 0.717) is 12.8 Å². The van der Waals surface area contributed by atoms with Crippen molar-refractivity contribution in [2.45, 2.75) is 25.8 Å². The second-order valence-electron chi connectivity index (χ2n) is 7.41. The summed E-state index contributed by atoms with van der Waals surface area (Å²) in [7, 11) is 0. The average molecular weight is 410 g/mol. The molecule has 4 aromatic rings. The molecule has 0 saturated heterocycles. The van der Waals surface area contributed by atoms with Crippen molar-refractivity contribution in [3.8, 4) is 16.9 Å². The van der Waals surface area contributed by atoms with Crippen LogP contribution in [0.3, 0.4) is 0 Å². The Bertz CT molecular complexity index is 1210. The lowest BCUT2D eigenvalue weighted by Crippen LogP contribution is -2.25. The van der Waals surface area contributed by atoms with Gasteiger partial charge in [-0.2, -0.15) is 10.2 Å². The highest BCUT2D eigenvalue weighted by Crippen LogP contribution is 2.36. The molecule has 0 bridgehead atoms. The predicted molar refractivity (Wildman–Crippen MR) is 119 cm³/mol. The molecule has 3 heterocycles. The van der Waals surface area contributed by atoms with Crippen LogP contribution >= 0.6 is 0 Å². The monoisotopic (exact) mass is 410 g/mol. The zero-order valence-electron chi connectivity index (χ0n) is 17.2. The molecule has 1 amide bonds. The third-order valence-corrected chi connectivity index (χ3v) is 5.43. The van der Waals surface area contributed by atoms with E-state index in [9.17, 15) is 4.79 Å². The Morgan fingerprint density at radius 1 is 1.03 bits per heavy atom. The lowest BCUT2D eigenvalue weighted by molar-refractivity contribution is -0.133. The molecule has 6 heteroatoms. The van der Waals surface area contributed by atoms with Gasteiger partial charge in [0.05, 0.1) is 17.7 Å². The summed E-state index contributed by atoms with van der Waals surface area (Å²) in [6.07, 6.45) is 4.57. The second-order valence-corrected chi connectivity index (χ2v) is 7.41. The number of rotatable bonds is 5. The minimum absolute atomic E-state index is 0.0342. The number of carbonyl (C=O) groups is 1. The fourth-order valence-corrected chi connectivity index (χ4v) is 3.87. The maximum atomic E-state index is 12.6. The molecule has 0 fully saturated rings. The molecule has 2 aromatic heterocycles. The van der Waals surface area contributed by atoms with Gasteiger partial charge >= 0.3 is 0 Å². The van der Waals surface area contributed by atoms with Crippen molar-refractivity contribution in [3.63, 3.8) is 0 Å². The molecule has 5 rings (SSSR count). The lowest BCUT2D eigenvalue weighted by atomic mass is 10.00. The Labute approximate surface area is 180 Å². The highest BCUT2D eigenvalue weighted by molar-refractivity contribution is 6.07. The first-order valence-electron chi connectivity index (χ1n) is 10.4. The van der Waals surface area contributed by atoms with Crippen LogP contribution in [-0.2, 0) is 4.79 Å². The molecule has 154 valence electrons. The fourth-order valence-electron chi connectivity index (χ4n) is 3.87. The van der Waals surface area contributed by atoms with Gasteiger partial charge in [-0.15, -0.1) is 0 Å². The van der Waals surface area contributed by atoms with E-state index in [0.717, 1.165) is 34.0 Å². The highest BCUT2D eigenvalue weighted by atomic mass is 16.3. The Balaban J connectivity index is 1.62. The van der Waals surface area contributed by atoms with Crippen molar-refractivity contribution in [2.24, 2.45) is 5.10 Å². The first-order chi connectivity index (χ1) is 15.2. The minimum atomic E-state index is -0.249. The topological polar surface area (TPSA) is 63.6 Å². The van der Waals surface area contributed by atoms with E-state index >= 15 is 0 Å². The number of carbonyl (C=O) groups excluding carboxylic acids is 1. The number of hydrazone groups is 1. The molecule has 6 nitrogen and oxygen atoms in total. The molecule has 1 aliphatic rings. The van der Waals surface area contributed by atoms with E-state index < -0.39 is 0 Å². The van der Waals surface area contributed by atoms with Crippen LogP contribution in [-0.4, -0.2) is 26.4 Å². The largest absolute Gasteiger partial charge is 0.467 e. The van der Waals surface area contributed by atoms with Crippen molar-refractivity contribution in [1.29, 1.82) is 0 Å². The van der Waals surface area contributed by atoms with Crippen molar-refractivity contribution < 1.29 is 9.21 Å². The average Bonchev–Trinajstić information content (AvgIpc) is 3.58. The summed E-state index contributed by atoms with van der Waals surface area (Å²) in [5.74, 6) is 0.699. The van der Waals surface area contributed by atoms with Gasteiger partial charge in [0.2, 0.25) is 5.91 Å². The number of furan rings is 1. The van der Waals surface area contributed by atoms with Crippen molar-refractivity contribution >= 4 is 11.6 Å². The number of benzene rings is 2. The minimum Gasteiger partial charge on any atom is -0.467 e. The second kappa shape index (κ2) is 8.07. The Hall–Kier alpha value is -3.93. The molecular weight excluding hydrogens is 388 g/mol. The molecule has 1 atom stereocenters. The van der Waals surface area contributed by atoms with Gasteiger partial charge < -0.3 is 4.42 Å². The summed E-state index contributed by atoms with van der Waals surface area (Å²) in [6, 6.07) is 23.5. The molecule has 0 saturated carbocycles. The van der Waals surface area contributed by atoms with Crippen LogP contribution in [0.25, 0.3) is 16.9 Å². The summed E-state index contributed by atoms with van der Waals surface area (Å²) >= 11 is 0. The molecule has 2 aromatic carbocycles. The van der Waals surface area contributed by atoms with Gasteiger partial charge in [0.15, 0.2) is 0 Å². The molecule has 0 unspecified atom stereocenters. The van der Waals surface area contributed by atoms with Crippen LogP contribution in [0.5, 0.6) is 0 Å². The normalized spacial score (nSPS) is 15.8. The first-order valence-corrected chi connectivity index (χ1v) is 10.4. The highest BCUT2D eigenvalue weighted by Gasteiger charge is 2.35. The van der Waals surface area contributed by atoms with E-state index in [1.807, 2.05) is 90.6 Å². The van der Waals surface area contributed by atoms with Crippen molar-refractivity contribution in [1.82, 2.24) is 14.8 Å². The molecule has 0 radical (unpaired) electrons. The SMILES string of the molecule is CCC(=O)N1N=C(c2cn(-c3ccccc3)nc2-c2ccccc2)C[C@@H]1c1ccco1. The van der Waals surface area contributed by atoms with E-state index in [1.165, 1.54) is 0 Å². The molecule has 1 aliphatic heterocycles. The Morgan fingerprint density at radius 3 is 2.45 bits per heavy atom. The zero-order valence-corrected chi connectivity index (χ0v) is 17.2. The van der Waals surface area contributed by atoms with Crippen LogP contribution in [0.4, 0.5) is 0 Å². The van der Waals surface area contributed by atoms with Gasteiger partial charge in [-0.05, 0) is 24.3 Å². The molecule has 0 aliphatic carbocycles. The van der Waals surface area contributed by atoms with Gasteiger partial charge in [0.1, 0.15) is 17.5 Å². The van der Waals surface area contributed by atoms with Crippen LogP contribution in [0.15, 0.2) is 94.8 Å². The van der Waals surface area contributed by atoms with Gasteiger partial charge in [0.25, 0.3) is 0 Å². The zero-order chi connectivity index (χ0) is 21.2.